The van der Waals surface area contributed by atoms with Gasteiger partial charge in [-0.3, -0.25) is 9.59 Å². The average Bonchev–Trinajstić information content (AvgIpc) is 2.66. The van der Waals surface area contributed by atoms with Crippen LogP contribution in [-0.4, -0.2) is 46.6 Å². The number of hydrogen-bond donors (Lipinski definition) is 0. The van der Waals surface area contributed by atoms with Gasteiger partial charge < -0.3 is 9.64 Å². The van der Waals surface area contributed by atoms with E-state index in [-0.39, 0.29) is 24.1 Å². The summed E-state index contributed by atoms with van der Waals surface area (Å²) in [6.07, 6.45) is 1.58. The van der Waals surface area contributed by atoms with Gasteiger partial charge in [-0.25, -0.2) is 9.88 Å². The predicted octanol–water partition coefficient (Wildman–Crippen LogP) is 0.578. The summed E-state index contributed by atoms with van der Waals surface area (Å²) >= 11 is 5.21. The van der Waals surface area contributed by atoms with E-state index >= 15 is 0 Å². The first-order chi connectivity index (χ1) is 9.13. The van der Waals surface area contributed by atoms with Crippen molar-refractivity contribution >= 4 is 35.0 Å². The molecule has 0 saturated carbocycles. The third kappa shape index (κ3) is 2.87. The average molecular weight is 279 g/mol. The number of thiocarbonyl (C=S) groups is 1. The molecular weight excluding hydrogens is 266 g/mol. The Bertz CT molecular complexity index is 506. The number of carbonyl (C=O) groups is 2. The number of esters is 1. The zero-order chi connectivity index (χ0) is 13.8. The van der Waals surface area contributed by atoms with Crippen LogP contribution in [0.15, 0.2) is 24.4 Å². The van der Waals surface area contributed by atoms with Crippen molar-refractivity contribution in [3.8, 4) is 0 Å². The van der Waals surface area contributed by atoms with Gasteiger partial charge in [0.2, 0.25) is 0 Å². The van der Waals surface area contributed by atoms with Crippen LogP contribution in [0.5, 0.6) is 0 Å². The first kappa shape index (κ1) is 13.4. The van der Waals surface area contributed by atoms with Crippen LogP contribution >= 0.6 is 12.2 Å². The summed E-state index contributed by atoms with van der Waals surface area (Å²) < 4.78 is 4.84. The molecule has 1 aliphatic heterocycles. The number of rotatable bonds is 4. The van der Waals surface area contributed by atoms with Crippen LogP contribution in [0.1, 0.15) is 6.92 Å². The first-order valence-corrected chi connectivity index (χ1v) is 6.22. The van der Waals surface area contributed by atoms with Crippen molar-refractivity contribution < 1.29 is 14.3 Å². The van der Waals surface area contributed by atoms with E-state index in [9.17, 15) is 9.59 Å². The van der Waals surface area contributed by atoms with Gasteiger partial charge >= 0.3 is 5.97 Å². The summed E-state index contributed by atoms with van der Waals surface area (Å²) in [6, 6.07) is 5.22. The monoisotopic (exact) mass is 279 g/mol. The Hall–Kier alpha value is -2.02. The Kier molecular flexibility index (Phi) is 4.06. The van der Waals surface area contributed by atoms with Crippen molar-refractivity contribution in [3.63, 3.8) is 0 Å². The quantitative estimate of drug-likeness (QED) is 0.593. The number of nitrogens with zero attached hydrogens (tertiary/aromatic N) is 3. The van der Waals surface area contributed by atoms with Crippen molar-refractivity contribution in [1.29, 1.82) is 0 Å². The number of ether oxygens (including phenoxy) is 1. The van der Waals surface area contributed by atoms with E-state index in [1.807, 2.05) is 0 Å². The topological polar surface area (TPSA) is 62.7 Å². The second kappa shape index (κ2) is 5.75. The van der Waals surface area contributed by atoms with Crippen molar-refractivity contribution in [1.82, 2.24) is 9.88 Å². The van der Waals surface area contributed by atoms with Gasteiger partial charge in [-0.2, -0.15) is 0 Å². The van der Waals surface area contributed by atoms with Crippen molar-refractivity contribution in [2.45, 2.75) is 6.92 Å². The van der Waals surface area contributed by atoms with Crippen molar-refractivity contribution in [2.75, 3.05) is 24.6 Å². The second-order valence-electron chi connectivity index (χ2n) is 3.86. The zero-order valence-electron chi connectivity index (χ0n) is 10.4. The highest BCUT2D eigenvalue weighted by Gasteiger charge is 2.35. The van der Waals surface area contributed by atoms with Gasteiger partial charge in [0.05, 0.1) is 6.61 Å². The fraction of sp³-hybridized carbons (Fsp3) is 0.333. The van der Waals surface area contributed by atoms with Crippen LogP contribution in [0.3, 0.4) is 0 Å². The van der Waals surface area contributed by atoms with E-state index in [0.29, 0.717) is 12.4 Å². The lowest BCUT2D eigenvalue weighted by molar-refractivity contribution is -0.143. The van der Waals surface area contributed by atoms with E-state index in [1.165, 1.54) is 9.80 Å². The summed E-state index contributed by atoms with van der Waals surface area (Å²) in [5, 5.41) is 0.275. The molecule has 6 nitrogen and oxygen atoms in total. The molecule has 0 atom stereocenters. The van der Waals surface area contributed by atoms with Crippen LogP contribution < -0.4 is 4.90 Å². The van der Waals surface area contributed by atoms with Gasteiger partial charge in [0.15, 0.2) is 5.11 Å². The number of pyridine rings is 1. The highest BCUT2D eigenvalue weighted by molar-refractivity contribution is 7.80. The molecule has 7 heteroatoms. The largest absolute Gasteiger partial charge is 0.465 e. The zero-order valence-corrected chi connectivity index (χ0v) is 11.2. The summed E-state index contributed by atoms with van der Waals surface area (Å²) in [5.41, 5.74) is 0. The van der Waals surface area contributed by atoms with Gasteiger partial charge in [-0.05, 0) is 31.3 Å². The van der Waals surface area contributed by atoms with Crippen LogP contribution in [0.25, 0.3) is 0 Å². The summed E-state index contributed by atoms with van der Waals surface area (Å²) in [7, 11) is 0. The summed E-state index contributed by atoms with van der Waals surface area (Å²) in [4.78, 5) is 30.3. The Morgan fingerprint density at radius 3 is 2.95 bits per heavy atom. The summed E-state index contributed by atoms with van der Waals surface area (Å²) in [5.74, 6) is -0.141. The molecule has 19 heavy (non-hydrogen) atoms. The SMILES string of the molecule is CCOC(=O)CN1CC(=O)N(c2ccccn2)C1=S. The molecule has 0 bridgehead atoms. The maximum absolute atomic E-state index is 11.9. The Morgan fingerprint density at radius 2 is 2.32 bits per heavy atom. The fourth-order valence-corrected chi connectivity index (χ4v) is 2.07. The van der Waals surface area contributed by atoms with E-state index in [1.54, 1.807) is 31.3 Å². The lowest BCUT2D eigenvalue weighted by Crippen LogP contribution is -2.36. The predicted molar refractivity (Wildman–Crippen MR) is 72.5 cm³/mol. The van der Waals surface area contributed by atoms with Crippen LogP contribution in [-0.2, 0) is 14.3 Å². The van der Waals surface area contributed by atoms with Gasteiger partial charge in [0.25, 0.3) is 5.91 Å². The highest BCUT2D eigenvalue weighted by Crippen LogP contribution is 2.18. The maximum Gasteiger partial charge on any atom is 0.325 e. The molecule has 2 rings (SSSR count). The number of hydrogen-bond acceptors (Lipinski definition) is 5. The minimum atomic E-state index is -0.402. The lowest BCUT2D eigenvalue weighted by atomic mass is 10.4. The van der Waals surface area contributed by atoms with Crippen molar-refractivity contribution in [3.05, 3.63) is 24.4 Å². The minimum Gasteiger partial charge on any atom is -0.465 e. The number of amides is 1. The Labute approximate surface area is 116 Å². The number of aromatic nitrogens is 1. The van der Waals surface area contributed by atoms with Gasteiger partial charge in [0.1, 0.15) is 18.9 Å². The molecule has 0 aromatic carbocycles. The smallest absolute Gasteiger partial charge is 0.325 e. The molecule has 0 unspecified atom stereocenters. The van der Waals surface area contributed by atoms with Crippen LogP contribution in [0, 0.1) is 0 Å². The van der Waals surface area contributed by atoms with Gasteiger partial charge in [-0.15, -0.1) is 0 Å². The molecule has 0 aliphatic carbocycles. The van der Waals surface area contributed by atoms with Crippen LogP contribution in [0.2, 0.25) is 0 Å². The Morgan fingerprint density at radius 1 is 1.53 bits per heavy atom. The number of carbonyl (C=O) groups excluding carboxylic acids is 2. The molecule has 1 aliphatic rings. The van der Waals surface area contributed by atoms with E-state index < -0.39 is 5.97 Å². The van der Waals surface area contributed by atoms with Gasteiger partial charge in [-0.1, -0.05) is 6.07 Å². The highest BCUT2D eigenvalue weighted by atomic mass is 32.1. The molecule has 0 N–H and O–H groups in total. The summed E-state index contributed by atoms with van der Waals surface area (Å²) in [6.45, 7) is 2.07. The number of anilines is 1. The lowest BCUT2D eigenvalue weighted by Gasteiger charge is -2.18. The molecule has 100 valence electrons. The molecule has 1 fully saturated rings. The first-order valence-electron chi connectivity index (χ1n) is 5.82. The van der Waals surface area contributed by atoms with E-state index in [2.05, 4.69) is 4.98 Å². The molecule has 2 heterocycles. The third-order valence-electron chi connectivity index (χ3n) is 2.54. The van der Waals surface area contributed by atoms with E-state index in [4.69, 9.17) is 17.0 Å². The fourth-order valence-electron chi connectivity index (χ4n) is 1.75. The molecule has 1 amide bonds. The van der Waals surface area contributed by atoms with E-state index in [0.717, 1.165) is 0 Å². The van der Waals surface area contributed by atoms with Crippen LogP contribution in [0.4, 0.5) is 5.82 Å². The maximum atomic E-state index is 11.9. The minimum absolute atomic E-state index is 0.0260. The molecule has 0 spiro atoms. The Balaban J connectivity index is 2.11. The molecule has 1 saturated heterocycles. The molecule has 1 aromatic rings. The van der Waals surface area contributed by atoms with Gasteiger partial charge in [0, 0.05) is 6.20 Å². The molecular formula is C12H13N3O3S. The normalized spacial score (nSPS) is 15.0. The second-order valence-corrected chi connectivity index (χ2v) is 4.23. The third-order valence-corrected chi connectivity index (χ3v) is 2.98. The van der Waals surface area contributed by atoms with Crippen molar-refractivity contribution in [2.24, 2.45) is 0 Å². The molecule has 1 aromatic heterocycles. The molecule has 0 radical (unpaired) electrons. The standard InChI is InChI=1S/C12H13N3O3S/c1-2-18-11(17)8-14-7-10(16)15(12(14)19)9-5-3-4-6-13-9/h3-6H,2,7-8H2,1H3.